The minimum absolute atomic E-state index is 0.0552. The van der Waals surface area contributed by atoms with Crippen LogP contribution < -0.4 is 11.3 Å². The van der Waals surface area contributed by atoms with Crippen LogP contribution in [0.25, 0.3) is 0 Å². The topological polar surface area (TPSA) is 69.4 Å². The van der Waals surface area contributed by atoms with Gasteiger partial charge in [0.25, 0.3) is 0 Å². The molecule has 1 atom stereocenters. The minimum Gasteiger partial charge on any atom is -0.351 e. The van der Waals surface area contributed by atoms with Crippen molar-refractivity contribution in [1.82, 2.24) is 10.4 Å². The highest BCUT2D eigenvalue weighted by atomic mass is 32.1. The Balaban J connectivity index is 2.55. The Morgan fingerprint density at radius 3 is 2.56 bits per heavy atom. The van der Waals surface area contributed by atoms with Gasteiger partial charge in [-0.1, -0.05) is 0 Å². The Morgan fingerprint density at radius 2 is 2.12 bits per heavy atom. The number of nitrogens with one attached hydrogen (secondary N) is 1. The van der Waals surface area contributed by atoms with Gasteiger partial charge in [-0.15, -0.1) is 11.3 Å². The van der Waals surface area contributed by atoms with E-state index in [1.807, 2.05) is 20.0 Å². The lowest BCUT2D eigenvalue weighted by Crippen LogP contribution is -2.47. The molecule has 1 aromatic heterocycles. The number of hydrogen-bond acceptors (Lipinski definition) is 6. The summed E-state index contributed by atoms with van der Waals surface area (Å²) >= 11 is 1.60. The molecule has 1 heterocycles. The standard InChI is InChI=1S/C10H19N3O2S/c1-3-14-10(15-4-2)9(13-11)5-8-6-12-7-16-8/h6-7,9-10,13H,3-5,11H2,1-2H3. The normalized spacial score (nSPS) is 13.2. The maximum atomic E-state index is 5.53. The molecule has 92 valence electrons. The second-order valence-corrected chi connectivity index (χ2v) is 4.20. The van der Waals surface area contributed by atoms with Crippen LogP contribution in [0.15, 0.2) is 11.7 Å². The van der Waals surface area contributed by atoms with E-state index in [1.54, 1.807) is 16.8 Å². The zero-order valence-electron chi connectivity index (χ0n) is 9.68. The lowest BCUT2D eigenvalue weighted by Gasteiger charge is -2.25. The predicted octanol–water partition coefficient (Wildman–Crippen LogP) is 0.917. The molecule has 0 aliphatic carbocycles. The van der Waals surface area contributed by atoms with Crippen LogP contribution in [-0.2, 0) is 15.9 Å². The van der Waals surface area contributed by atoms with Crippen LogP contribution in [0.5, 0.6) is 0 Å². The van der Waals surface area contributed by atoms with E-state index < -0.39 is 0 Å². The number of rotatable bonds is 8. The van der Waals surface area contributed by atoms with Crippen LogP contribution >= 0.6 is 11.3 Å². The number of ether oxygens (including phenoxy) is 2. The maximum absolute atomic E-state index is 5.53. The molecule has 0 aliphatic heterocycles. The summed E-state index contributed by atoms with van der Waals surface area (Å²) in [5.41, 5.74) is 4.54. The summed E-state index contributed by atoms with van der Waals surface area (Å²) in [5, 5.41) is 0. The largest absolute Gasteiger partial charge is 0.351 e. The fourth-order valence-corrected chi connectivity index (χ4v) is 2.06. The Hall–Kier alpha value is -0.530. The molecule has 6 heteroatoms. The van der Waals surface area contributed by atoms with E-state index in [1.165, 1.54) is 0 Å². The first-order valence-corrected chi connectivity index (χ1v) is 6.26. The maximum Gasteiger partial charge on any atom is 0.174 e. The molecule has 0 fully saturated rings. The minimum atomic E-state index is -0.318. The smallest absolute Gasteiger partial charge is 0.174 e. The molecule has 5 nitrogen and oxygen atoms in total. The van der Waals surface area contributed by atoms with Gasteiger partial charge < -0.3 is 9.47 Å². The quantitative estimate of drug-likeness (QED) is 0.405. The summed E-state index contributed by atoms with van der Waals surface area (Å²) in [6.45, 7) is 5.08. The molecule has 1 unspecified atom stereocenters. The molecule has 0 amide bonds. The van der Waals surface area contributed by atoms with Crippen LogP contribution in [0, 0.1) is 0 Å². The molecule has 1 aromatic rings. The average Bonchev–Trinajstić information content (AvgIpc) is 2.78. The van der Waals surface area contributed by atoms with Gasteiger partial charge in [-0.25, -0.2) is 0 Å². The van der Waals surface area contributed by atoms with Crippen LogP contribution in [0.1, 0.15) is 18.7 Å². The third-order valence-electron chi connectivity index (χ3n) is 2.11. The van der Waals surface area contributed by atoms with Gasteiger partial charge in [-0.2, -0.15) is 0 Å². The second kappa shape index (κ2) is 7.70. The van der Waals surface area contributed by atoms with Gasteiger partial charge in [0.15, 0.2) is 6.29 Å². The summed E-state index contributed by atoms with van der Waals surface area (Å²) in [7, 11) is 0. The van der Waals surface area contributed by atoms with Gasteiger partial charge in [0.05, 0.1) is 11.6 Å². The van der Waals surface area contributed by atoms with E-state index in [-0.39, 0.29) is 12.3 Å². The van der Waals surface area contributed by atoms with Gasteiger partial charge in [-0.3, -0.25) is 16.3 Å². The number of hydrazine groups is 1. The highest BCUT2D eigenvalue weighted by Gasteiger charge is 2.21. The lowest BCUT2D eigenvalue weighted by atomic mass is 10.2. The molecular formula is C10H19N3O2S. The van der Waals surface area contributed by atoms with Crippen LogP contribution in [0.3, 0.4) is 0 Å². The van der Waals surface area contributed by atoms with Crippen molar-refractivity contribution in [3.05, 3.63) is 16.6 Å². The van der Waals surface area contributed by atoms with Crippen molar-refractivity contribution < 1.29 is 9.47 Å². The lowest BCUT2D eigenvalue weighted by molar-refractivity contribution is -0.153. The molecular weight excluding hydrogens is 226 g/mol. The molecule has 0 saturated carbocycles. The summed E-state index contributed by atoms with van der Waals surface area (Å²) in [6, 6.07) is -0.0552. The molecule has 0 radical (unpaired) electrons. The second-order valence-electron chi connectivity index (χ2n) is 3.22. The molecule has 1 rings (SSSR count). The third kappa shape index (κ3) is 4.15. The van der Waals surface area contributed by atoms with Crippen molar-refractivity contribution in [2.24, 2.45) is 5.84 Å². The fraction of sp³-hybridized carbons (Fsp3) is 0.700. The molecule has 0 aromatic carbocycles. The number of nitrogens with zero attached hydrogens (tertiary/aromatic N) is 1. The summed E-state index contributed by atoms with van der Waals surface area (Å²) in [4.78, 5) is 5.19. The van der Waals surface area contributed by atoms with Crippen molar-refractivity contribution in [2.75, 3.05) is 13.2 Å². The molecule has 0 spiro atoms. The van der Waals surface area contributed by atoms with E-state index in [0.717, 1.165) is 11.3 Å². The summed E-state index contributed by atoms with van der Waals surface area (Å²) < 4.78 is 11.0. The van der Waals surface area contributed by atoms with Gasteiger partial charge in [-0.05, 0) is 13.8 Å². The van der Waals surface area contributed by atoms with Gasteiger partial charge >= 0.3 is 0 Å². The Labute approximate surface area is 99.9 Å². The van der Waals surface area contributed by atoms with Crippen molar-refractivity contribution in [3.63, 3.8) is 0 Å². The average molecular weight is 245 g/mol. The van der Waals surface area contributed by atoms with Crippen molar-refractivity contribution in [3.8, 4) is 0 Å². The Kier molecular flexibility index (Phi) is 6.51. The van der Waals surface area contributed by atoms with Crippen LogP contribution in [0.4, 0.5) is 0 Å². The molecule has 0 aliphatic rings. The predicted molar refractivity (Wildman–Crippen MR) is 64.0 cm³/mol. The zero-order chi connectivity index (χ0) is 11.8. The van der Waals surface area contributed by atoms with Crippen molar-refractivity contribution >= 4 is 11.3 Å². The zero-order valence-corrected chi connectivity index (χ0v) is 10.5. The van der Waals surface area contributed by atoms with E-state index >= 15 is 0 Å². The Bertz CT molecular complexity index is 263. The first-order valence-electron chi connectivity index (χ1n) is 5.38. The van der Waals surface area contributed by atoms with Gasteiger partial charge in [0.1, 0.15) is 0 Å². The number of nitrogens with two attached hydrogens (primary N) is 1. The molecule has 16 heavy (non-hydrogen) atoms. The van der Waals surface area contributed by atoms with E-state index in [4.69, 9.17) is 15.3 Å². The number of hydrogen-bond donors (Lipinski definition) is 2. The van der Waals surface area contributed by atoms with E-state index in [9.17, 15) is 0 Å². The highest BCUT2D eigenvalue weighted by molar-refractivity contribution is 7.09. The van der Waals surface area contributed by atoms with Crippen molar-refractivity contribution in [2.45, 2.75) is 32.6 Å². The summed E-state index contributed by atoms with van der Waals surface area (Å²) in [5.74, 6) is 5.53. The summed E-state index contributed by atoms with van der Waals surface area (Å²) in [6.07, 6.45) is 2.28. The van der Waals surface area contributed by atoms with Crippen LogP contribution in [0.2, 0.25) is 0 Å². The monoisotopic (exact) mass is 245 g/mol. The first-order chi connectivity index (χ1) is 7.81. The first kappa shape index (κ1) is 13.5. The molecule has 0 saturated heterocycles. The fourth-order valence-electron chi connectivity index (χ4n) is 1.40. The number of aromatic nitrogens is 1. The Morgan fingerprint density at radius 1 is 1.44 bits per heavy atom. The van der Waals surface area contributed by atoms with E-state index in [2.05, 4.69) is 10.4 Å². The third-order valence-corrected chi connectivity index (χ3v) is 2.91. The molecule has 0 bridgehead atoms. The van der Waals surface area contributed by atoms with Crippen molar-refractivity contribution in [1.29, 1.82) is 0 Å². The van der Waals surface area contributed by atoms with Gasteiger partial charge in [0.2, 0.25) is 0 Å². The SMILES string of the molecule is CCOC(OCC)C(Cc1cncs1)NN. The number of thiazole rings is 1. The van der Waals surface area contributed by atoms with Crippen LogP contribution in [-0.4, -0.2) is 30.5 Å². The van der Waals surface area contributed by atoms with E-state index in [0.29, 0.717) is 13.2 Å². The van der Waals surface area contributed by atoms with Gasteiger partial charge in [0, 0.05) is 30.7 Å². The molecule has 3 N–H and O–H groups in total. The highest BCUT2D eigenvalue weighted by Crippen LogP contribution is 2.12.